The van der Waals surface area contributed by atoms with Crippen LogP contribution in [0.3, 0.4) is 0 Å². The van der Waals surface area contributed by atoms with Crippen LogP contribution in [-0.2, 0) is 23.5 Å². The van der Waals surface area contributed by atoms with Crippen molar-refractivity contribution in [1.29, 1.82) is 0 Å². The predicted octanol–water partition coefficient (Wildman–Crippen LogP) is 9.51. The minimum Gasteiger partial charge on any atom is -0.481 e. The van der Waals surface area contributed by atoms with Gasteiger partial charge in [-0.3, -0.25) is 9.59 Å². The number of methoxy groups -OCH3 is 1. The Balaban J connectivity index is 1.58. The van der Waals surface area contributed by atoms with Crippen LogP contribution in [0.1, 0.15) is 133 Å². The van der Waals surface area contributed by atoms with Gasteiger partial charge in [0.15, 0.2) is 8.32 Å². The van der Waals surface area contributed by atoms with Crippen LogP contribution in [0.15, 0.2) is 0 Å². The highest BCUT2D eigenvalue weighted by Crippen LogP contribution is 2.62. The molecule has 3 fully saturated rings. The van der Waals surface area contributed by atoms with E-state index in [2.05, 4.69) is 69.2 Å². The van der Waals surface area contributed by atoms with Crippen molar-refractivity contribution in [3.63, 3.8) is 0 Å². The van der Waals surface area contributed by atoms with Gasteiger partial charge < -0.3 is 19.0 Å². The lowest BCUT2D eigenvalue weighted by Crippen LogP contribution is -2.53. The minimum atomic E-state index is -1.83. The topological polar surface area (TPSA) is 82.1 Å². The third-order valence-electron chi connectivity index (χ3n) is 13.3. The largest absolute Gasteiger partial charge is 0.481 e. The molecule has 0 aromatic rings. The van der Waals surface area contributed by atoms with Crippen molar-refractivity contribution in [2.75, 3.05) is 20.5 Å². The van der Waals surface area contributed by atoms with Crippen molar-refractivity contribution in [2.45, 2.75) is 156 Å². The van der Waals surface area contributed by atoms with Gasteiger partial charge >= 0.3 is 5.97 Å². The average Bonchev–Trinajstić information content (AvgIpc) is 3.30. The lowest BCUT2D eigenvalue weighted by Gasteiger charge is -2.52. The highest BCUT2D eigenvalue weighted by atomic mass is 28.4. The Kier molecular flexibility index (Phi) is 13.2. The second-order valence-corrected chi connectivity index (χ2v) is 22.2. The van der Waals surface area contributed by atoms with Crippen LogP contribution in [0.2, 0.25) is 16.6 Å². The number of aliphatic carboxylic acids is 1. The van der Waals surface area contributed by atoms with Crippen LogP contribution >= 0.6 is 0 Å². The Morgan fingerprint density at radius 1 is 0.886 bits per heavy atom. The maximum absolute atomic E-state index is 14.3. The molecule has 4 unspecified atom stereocenters. The second kappa shape index (κ2) is 15.4. The number of carboxylic acid groups (broad SMARTS) is 1. The van der Waals surface area contributed by atoms with Crippen LogP contribution in [0.25, 0.3) is 0 Å². The molecule has 0 bridgehead atoms. The van der Waals surface area contributed by atoms with Gasteiger partial charge in [0.1, 0.15) is 12.6 Å². The Labute approximate surface area is 271 Å². The van der Waals surface area contributed by atoms with Crippen LogP contribution in [0.5, 0.6) is 0 Å². The highest BCUT2D eigenvalue weighted by Gasteiger charge is 2.60. The summed E-state index contributed by atoms with van der Waals surface area (Å²) >= 11 is 0. The number of hydrogen-bond acceptors (Lipinski definition) is 5. The molecule has 9 atom stereocenters. The molecule has 3 aliphatic rings. The van der Waals surface area contributed by atoms with Gasteiger partial charge in [-0.05, 0) is 96.6 Å². The third kappa shape index (κ3) is 7.52. The summed E-state index contributed by atoms with van der Waals surface area (Å²) < 4.78 is 17.7. The van der Waals surface area contributed by atoms with E-state index in [4.69, 9.17) is 13.9 Å². The summed E-state index contributed by atoms with van der Waals surface area (Å²) in [7, 11) is -0.241. The van der Waals surface area contributed by atoms with E-state index >= 15 is 0 Å². The van der Waals surface area contributed by atoms with Gasteiger partial charge in [-0.2, -0.15) is 0 Å². The predicted molar refractivity (Wildman–Crippen MR) is 181 cm³/mol. The molecule has 6 nitrogen and oxygen atoms in total. The maximum atomic E-state index is 14.3. The first-order valence-corrected chi connectivity index (χ1v) is 20.2. The molecular formula is C37H68O6Si. The first-order valence-electron chi connectivity index (χ1n) is 18.1. The van der Waals surface area contributed by atoms with Gasteiger partial charge in [0.05, 0.1) is 12.0 Å². The molecular weight excluding hydrogens is 568 g/mol. The fourth-order valence-corrected chi connectivity index (χ4v) is 16.4. The Bertz CT molecular complexity index is 929. The van der Waals surface area contributed by atoms with Crippen LogP contribution < -0.4 is 0 Å². The van der Waals surface area contributed by atoms with Gasteiger partial charge in [0, 0.05) is 25.6 Å². The zero-order chi connectivity index (χ0) is 33.0. The monoisotopic (exact) mass is 636 g/mol. The number of ether oxygens (including phenoxy) is 2. The zero-order valence-corrected chi connectivity index (χ0v) is 31.2. The summed E-state index contributed by atoms with van der Waals surface area (Å²) in [6.07, 6.45) is 9.39. The van der Waals surface area contributed by atoms with E-state index in [-0.39, 0.29) is 30.1 Å². The molecule has 44 heavy (non-hydrogen) atoms. The number of hydrogen-bond donors (Lipinski definition) is 1. The Morgan fingerprint density at radius 3 is 2.05 bits per heavy atom. The van der Waals surface area contributed by atoms with Crippen molar-refractivity contribution < 1.29 is 28.6 Å². The number of carboxylic acids is 1. The third-order valence-corrected chi connectivity index (χ3v) is 19.3. The van der Waals surface area contributed by atoms with Crippen molar-refractivity contribution in [3.05, 3.63) is 0 Å². The normalized spacial score (nSPS) is 34.5. The summed E-state index contributed by atoms with van der Waals surface area (Å²) in [5.41, 5.74) is 1.37. The van der Waals surface area contributed by atoms with E-state index in [9.17, 15) is 14.7 Å². The van der Waals surface area contributed by atoms with Gasteiger partial charge in [-0.1, -0.05) is 82.1 Å². The minimum absolute atomic E-state index is 0.0343. The fraction of sp³-hybridized carbons (Fsp3) is 0.946. The lowest BCUT2D eigenvalue weighted by molar-refractivity contribution is -0.167. The Hall–Kier alpha value is -0.763. The molecule has 0 radical (unpaired) electrons. The van der Waals surface area contributed by atoms with Gasteiger partial charge in [0.2, 0.25) is 0 Å². The molecule has 0 saturated heterocycles. The van der Waals surface area contributed by atoms with Crippen molar-refractivity contribution >= 4 is 20.1 Å². The highest BCUT2D eigenvalue weighted by molar-refractivity contribution is 6.77. The number of Topliss-reactive ketones (excluding diaryl/α,β-unsaturated/α-hetero) is 1. The van der Waals surface area contributed by atoms with Crippen molar-refractivity contribution in [1.82, 2.24) is 0 Å². The summed E-state index contributed by atoms with van der Waals surface area (Å²) in [6.45, 7) is 24.5. The van der Waals surface area contributed by atoms with E-state index in [0.717, 1.165) is 45.1 Å². The maximum Gasteiger partial charge on any atom is 0.307 e. The Morgan fingerprint density at radius 2 is 1.48 bits per heavy atom. The molecule has 0 amide bonds. The number of ketones is 1. The van der Waals surface area contributed by atoms with E-state index in [0.29, 0.717) is 46.6 Å². The van der Waals surface area contributed by atoms with Crippen LogP contribution in [-0.4, -0.2) is 51.8 Å². The van der Waals surface area contributed by atoms with Crippen molar-refractivity contribution in [2.24, 2.45) is 46.3 Å². The average molecular weight is 637 g/mol. The molecule has 3 aliphatic carbocycles. The quantitative estimate of drug-likeness (QED) is 0.134. The number of carbonyl (C=O) groups is 2. The lowest BCUT2D eigenvalue weighted by atomic mass is 9.51. The van der Waals surface area contributed by atoms with E-state index in [1.54, 1.807) is 7.11 Å². The summed E-state index contributed by atoms with van der Waals surface area (Å²) in [6, 6.07) is 0. The first kappa shape index (κ1) is 37.7. The molecule has 0 aromatic heterocycles. The molecule has 7 heteroatoms. The molecule has 0 spiro atoms. The second-order valence-electron chi connectivity index (χ2n) is 16.7. The summed E-state index contributed by atoms with van der Waals surface area (Å²) in [4.78, 5) is 26.7. The van der Waals surface area contributed by atoms with Gasteiger partial charge in [0.25, 0.3) is 0 Å². The molecule has 0 heterocycles. The van der Waals surface area contributed by atoms with Crippen LogP contribution in [0.4, 0.5) is 0 Å². The van der Waals surface area contributed by atoms with E-state index in [1.165, 1.54) is 19.3 Å². The fourth-order valence-electron chi connectivity index (χ4n) is 10.8. The van der Waals surface area contributed by atoms with E-state index < -0.39 is 25.6 Å². The number of rotatable bonds is 16. The molecule has 3 rings (SSSR count). The molecule has 0 aliphatic heterocycles. The SMILES string of the molecule is COCOC1CC[C@](C)(C2CC[C@]3(C)[C@@H]([C@H](C)CCCC(C)CO[Si](C(C)C)(C(C)C)C(C)C)CC[C@H]3C2=O)C(C(=O)O)C1. The van der Waals surface area contributed by atoms with Gasteiger partial charge in [-0.15, -0.1) is 0 Å². The smallest absolute Gasteiger partial charge is 0.307 e. The van der Waals surface area contributed by atoms with Crippen LogP contribution in [0, 0.1) is 46.3 Å². The van der Waals surface area contributed by atoms with Gasteiger partial charge in [-0.25, -0.2) is 0 Å². The standard InChI is InChI=1S/C37H68O6Si/c1-24(2)44(25(3)4,26(5)6)43-22-27(7)13-12-14-28(8)30-15-16-31-34(38)32(18-20-36(30,31)9)37(10)19-17-29(42-23-41-11)21-33(37)35(39)40/h24-33H,12-23H2,1-11H3,(H,39,40)/t27?,28-,29?,30-,31+,32?,33?,36-,37-/m1/s1. The summed E-state index contributed by atoms with van der Waals surface area (Å²) in [5.74, 6) is 0.621. The number of carbonyl (C=O) groups excluding carboxylic acids is 1. The zero-order valence-electron chi connectivity index (χ0n) is 30.2. The molecule has 1 N–H and O–H groups in total. The number of fused-ring (bicyclic) bond motifs is 1. The molecule has 0 aromatic carbocycles. The molecule has 256 valence electrons. The summed E-state index contributed by atoms with van der Waals surface area (Å²) in [5, 5.41) is 10.3. The molecule has 3 saturated carbocycles. The first-order chi connectivity index (χ1) is 20.6. The van der Waals surface area contributed by atoms with E-state index in [1.807, 2.05) is 0 Å². The van der Waals surface area contributed by atoms with Crippen molar-refractivity contribution in [3.8, 4) is 0 Å².